The first-order valence-corrected chi connectivity index (χ1v) is 8.83. The Balaban J connectivity index is 2.55. The van der Waals surface area contributed by atoms with Gasteiger partial charge in [-0.3, -0.25) is 9.59 Å². The molecule has 6 nitrogen and oxygen atoms in total. The lowest BCUT2D eigenvalue weighted by Crippen LogP contribution is -2.51. The van der Waals surface area contributed by atoms with Crippen LogP contribution in [-0.2, 0) is 23.9 Å². The average Bonchev–Trinajstić information content (AvgIpc) is 2.62. The number of rotatable bonds is 6. The molecule has 0 bridgehead atoms. The van der Waals surface area contributed by atoms with Crippen molar-refractivity contribution in [2.45, 2.75) is 32.6 Å². The molecular formula is C19H22ClNO5. The van der Waals surface area contributed by atoms with Crippen LogP contribution in [0.4, 0.5) is 0 Å². The van der Waals surface area contributed by atoms with E-state index >= 15 is 0 Å². The highest BCUT2D eigenvalue weighted by Gasteiger charge is 2.55. The Bertz CT molecular complexity index is 728. The fourth-order valence-electron chi connectivity index (χ4n) is 3.29. The summed E-state index contributed by atoms with van der Waals surface area (Å²) in [6.45, 7) is 3.62. The van der Waals surface area contributed by atoms with Crippen LogP contribution in [0.3, 0.4) is 0 Å². The van der Waals surface area contributed by atoms with Crippen molar-refractivity contribution < 1.29 is 23.9 Å². The average molecular weight is 380 g/mol. The minimum atomic E-state index is -1.68. The van der Waals surface area contributed by atoms with Gasteiger partial charge in [-0.1, -0.05) is 29.8 Å². The summed E-state index contributed by atoms with van der Waals surface area (Å²) in [4.78, 5) is 37.5. The molecule has 0 radical (unpaired) electrons. The molecule has 1 aliphatic carbocycles. The number of ether oxygens (including phenoxy) is 2. The van der Waals surface area contributed by atoms with E-state index in [0.29, 0.717) is 5.02 Å². The lowest BCUT2D eigenvalue weighted by Gasteiger charge is -2.39. The van der Waals surface area contributed by atoms with Gasteiger partial charge in [0.15, 0.2) is 5.41 Å². The fourth-order valence-corrected chi connectivity index (χ4v) is 3.41. The lowest BCUT2D eigenvalue weighted by atomic mass is 9.63. The highest BCUT2D eigenvalue weighted by molar-refractivity contribution is 6.30. The van der Waals surface area contributed by atoms with E-state index in [4.69, 9.17) is 26.8 Å². The molecule has 1 aromatic rings. The van der Waals surface area contributed by atoms with Crippen molar-refractivity contribution in [3.63, 3.8) is 0 Å². The maximum atomic E-state index is 12.8. The summed E-state index contributed by atoms with van der Waals surface area (Å²) in [6.07, 6.45) is 1.81. The van der Waals surface area contributed by atoms with Gasteiger partial charge in [-0.25, -0.2) is 4.79 Å². The molecule has 2 unspecified atom stereocenters. The monoisotopic (exact) mass is 379 g/mol. The maximum Gasteiger partial charge on any atom is 0.333 e. The summed E-state index contributed by atoms with van der Waals surface area (Å²) in [5, 5.41) is 0.535. The van der Waals surface area contributed by atoms with Crippen molar-refractivity contribution in [2.75, 3.05) is 13.2 Å². The zero-order valence-electron chi connectivity index (χ0n) is 14.8. The fraction of sp³-hybridized carbons (Fsp3) is 0.421. The number of esters is 2. The number of hydrogen-bond donors (Lipinski definition) is 1. The van der Waals surface area contributed by atoms with Crippen LogP contribution in [0.1, 0.15) is 38.2 Å². The van der Waals surface area contributed by atoms with E-state index in [-0.39, 0.29) is 31.6 Å². The third kappa shape index (κ3) is 3.75. The summed E-state index contributed by atoms with van der Waals surface area (Å²) in [7, 11) is 0. The van der Waals surface area contributed by atoms with Crippen molar-refractivity contribution >= 4 is 29.4 Å². The maximum absolute atomic E-state index is 12.8. The molecule has 1 aromatic carbocycles. The van der Waals surface area contributed by atoms with Crippen molar-refractivity contribution in [1.82, 2.24) is 0 Å². The van der Waals surface area contributed by atoms with E-state index in [1.54, 1.807) is 44.2 Å². The van der Waals surface area contributed by atoms with Crippen LogP contribution >= 0.6 is 11.6 Å². The molecule has 7 heteroatoms. The van der Waals surface area contributed by atoms with Crippen LogP contribution in [0, 0.1) is 5.41 Å². The Labute approximate surface area is 157 Å². The third-order valence-electron chi connectivity index (χ3n) is 4.55. The Morgan fingerprint density at radius 1 is 1.15 bits per heavy atom. The van der Waals surface area contributed by atoms with Crippen LogP contribution in [0.5, 0.6) is 0 Å². The van der Waals surface area contributed by atoms with Crippen molar-refractivity contribution in [3.05, 3.63) is 46.5 Å². The molecule has 0 saturated heterocycles. The highest BCUT2D eigenvalue weighted by Crippen LogP contribution is 2.48. The second-order valence-electron chi connectivity index (χ2n) is 6.02. The SMILES string of the molecule is CCOC(=O)C1=CCC(c2ccc(Cl)cc2)C(C(N)=O)(C(=O)OCC)C1. The highest BCUT2D eigenvalue weighted by atomic mass is 35.5. The van der Waals surface area contributed by atoms with E-state index in [1.165, 1.54) is 0 Å². The summed E-state index contributed by atoms with van der Waals surface area (Å²) >= 11 is 5.94. The van der Waals surface area contributed by atoms with Gasteiger partial charge in [-0.2, -0.15) is 0 Å². The molecule has 0 saturated carbocycles. The zero-order valence-corrected chi connectivity index (χ0v) is 15.5. The molecule has 1 aliphatic rings. The Hall–Kier alpha value is -2.34. The van der Waals surface area contributed by atoms with Gasteiger partial charge in [0.2, 0.25) is 5.91 Å². The Morgan fingerprint density at radius 2 is 1.77 bits per heavy atom. The predicted molar refractivity (Wildman–Crippen MR) is 96.4 cm³/mol. The van der Waals surface area contributed by atoms with Gasteiger partial charge >= 0.3 is 11.9 Å². The molecule has 140 valence electrons. The number of primary amides is 1. The second kappa shape index (κ2) is 8.36. The summed E-state index contributed by atoms with van der Waals surface area (Å²) in [5.74, 6) is -2.68. The molecule has 26 heavy (non-hydrogen) atoms. The first-order valence-electron chi connectivity index (χ1n) is 8.45. The number of nitrogens with two attached hydrogens (primary N) is 1. The van der Waals surface area contributed by atoms with E-state index in [0.717, 1.165) is 5.56 Å². The minimum Gasteiger partial charge on any atom is -0.465 e. The molecule has 1 amide bonds. The summed E-state index contributed by atoms with van der Waals surface area (Å²) in [6, 6.07) is 6.84. The van der Waals surface area contributed by atoms with Crippen molar-refractivity contribution in [1.29, 1.82) is 0 Å². The molecular weight excluding hydrogens is 358 g/mol. The van der Waals surface area contributed by atoms with Crippen molar-refractivity contribution in [2.24, 2.45) is 11.1 Å². The largest absolute Gasteiger partial charge is 0.465 e. The van der Waals surface area contributed by atoms with Crippen LogP contribution in [0.2, 0.25) is 5.02 Å². The van der Waals surface area contributed by atoms with Crippen molar-refractivity contribution in [3.8, 4) is 0 Å². The number of allylic oxidation sites excluding steroid dienone is 1. The van der Waals surface area contributed by atoms with Gasteiger partial charge in [0.1, 0.15) is 0 Å². The third-order valence-corrected chi connectivity index (χ3v) is 4.81. The first kappa shape index (κ1) is 20.0. The molecule has 2 atom stereocenters. The predicted octanol–water partition coefficient (Wildman–Crippen LogP) is 2.74. The van der Waals surface area contributed by atoms with Gasteiger partial charge in [-0.05, 0) is 38.0 Å². The van der Waals surface area contributed by atoms with E-state index in [1.807, 2.05) is 0 Å². The topological polar surface area (TPSA) is 95.7 Å². The summed E-state index contributed by atoms with van der Waals surface area (Å²) < 4.78 is 10.2. The van der Waals surface area contributed by atoms with E-state index in [9.17, 15) is 14.4 Å². The van der Waals surface area contributed by atoms with Crippen LogP contribution in [0.15, 0.2) is 35.9 Å². The van der Waals surface area contributed by atoms with Gasteiger partial charge in [-0.15, -0.1) is 0 Å². The molecule has 0 spiro atoms. The number of halogens is 1. The molecule has 0 heterocycles. The minimum absolute atomic E-state index is 0.0969. The number of hydrogen-bond acceptors (Lipinski definition) is 5. The van der Waals surface area contributed by atoms with Gasteiger partial charge in [0.05, 0.1) is 13.2 Å². The normalized spacial score (nSPS) is 22.3. The van der Waals surface area contributed by atoms with Gasteiger partial charge < -0.3 is 15.2 Å². The quantitative estimate of drug-likeness (QED) is 0.605. The molecule has 0 aromatic heterocycles. The number of benzene rings is 1. The number of carbonyl (C=O) groups excluding carboxylic acids is 3. The molecule has 0 aliphatic heterocycles. The van der Waals surface area contributed by atoms with Crippen LogP contribution < -0.4 is 5.73 Å². The second-order valence-corrected chi connectivity index (χ2v) is 6.46. The number of amides is 1. The van der Waals surface area contributed by atoms with Crippen LogP contribution in [-0.4, -0.2) is 31.1 Å². The molecule has 0 fully saturated rings. The Kier molecular flexibility index (Phi) is 6.42. The van der Waals surface area contributed by atoms with E-state index in [2.05, 4.69) is 0 Å². The Morgan fingerprint density at radius 3 is 2.31 bits per heavy atom. The smallest absolute Gasteiger partial charge is 0.333 e. The first-order chi connectivity index (χ1) is 12.4. The van der Waals surface area contributed by atoms with E-state index < -0.39 is 29.2 Å². The summed E-state index contributed by atoms with van der Waals surface area (Å²) in [5.41, 5.74) is 4.98. The van der Waals surface area contributed by atoms with Crippen LogP contribution in [0.25, 0.3) is 0 Å². The zero-order chi connectivity index (χ0) is 19.3. The van der Waals surface area contributed by atoms with Gasteiger partial charge in [0.25, 0.3) is 0 Å². The van der Waals surface area contributed by atoms with Gasteiger partial charge in [0, 0.05) is 22.9 Å². The lowest BCUT2D eigenvalue weighted by molar-refractivity contribution is -0.162. The standard InChI is InChI=1S/C19H22ClNO5/c1-3-25-16(22)13-7-10-15(12-5-8-14(20)9-6-12)19(11-13,17(21)23)18(24)26-4-2/h5-9,15H,3-4,10-11H2,1-2H3,(H2,21,23). The molecule has 2 rings (SSSR count). The number of carbonyl (C=O) groups is 3. The molecule has 2 N–H and O–H groups in total.